The maximum Gasteiger partial charge on any atom is 0.416 e. The molecule has 0 amide bonds. The van der Waals surface area contributed by atoms with Gasteiger partial charge in [-0.3, -0.25) is 4.79 Å². The van der Waals surface area contributed by atoms with E-state index in [2.05, 4.69) is 4.74 Å². The third-order valence-electron chi connectivity index (χ3n) is 2.33. The third kappa shape index (κ3) is 4.68. The molecule has 2 N–H and O–H groups in total. The molecule has 0 saturated heterocycles. The van der Waals surface area contributed by atoms with Crippen molar-refractivity contribution in [2.24, 2.45) is 5.73 Å². The molecule has 0 heterocycles. The number of benzene rings is 1. The Kier molecular flexibility index (Phi) is 6.24. The predicted octanol–water partition coefficient (Wildman–Crippen LogP) is 2.83. The minimum Gasteiger partial charge on any atom is -0.469 e. The van der Waals surface area contributed by atoms with Gasteiger partial charge in [0.05, 0.1) is 19.1 Å². The van der Waals surface area contributed by atoms with Crippen LogP contribution in [-0.2, 0) is 15.7 Å². The van der Waals surface area contributed by atoms with E-state index in [0.29, 0.717) is 6.07 Å². The summed E-state index contributed by atoms with van der Waals surface area (Å²) in [5, 5.41) is 0. The standard InChI is InChI=1S/C11H11F4NO2.ClH/c1-18-10(17)5-9(16)7-3-2-6(12)4-8(7)11(13,14)15;/h2-4,9H,5,16H2,1H3;1H/t9-;/m1./s1. The van der Waals surface area contributed by atoms with Crippen molar-refractivity contribution in [1.82, 2.24) is 0 Å². The zero-order valence-corrected chi connectivity index (χ0v) is 10.6. The van der Waals surface area contributed by atoms with Gasteiger partial charge in [-0.25, -0.2) is 4.39 Å². The second-order valence-corrected chi connectivity index (χ2v) is 3.62. The molecule has 19 heavy (non-hydrogen) atoms. The van der Waals surface area contributed by atoms with Crippen LogP contribution < -0.4 is 5.73 Å². The van der Waals surface area contributed by atoms with Crippen LogP contribution in [0.15, 0.2) is 18.2 Å². The molecule has 108 valence electrons. The lowest BCUT2D eigenvalue weighted by atomic mass is 9.98. The fraction of sp³-hybridized carbons (Fsp3) is 0.364. The lowest BCUT2D eigenvalue weighted by molar-refractivity contribution is -0.142. The normalized spacial score (nSPS) is 12.5. The molecule has 1 aromatic rings. The number of hydrogen-bond acceptors (Lipinski definition) is 3. The topological polar surface area (TPSA) is 52.3 Å². The van der Waals surface area contributed by atoms with E-state index in [0.717, 1.165) is 19.2 Å². The lowest BCUT2D eigenvalue weighted by Crippen LogP contribution is -2.21. The molecule has 1 aromatic carbocycles. The molecule has 0 fully saturated rings. The quantitative estimate of drug-likeness (QED) is 0.690. The second kappa shape index (κ2) is 6.72. The fourth-order valence-electron chi connectivity index (χ4n) is 1.47. The molecule has 0 unspecified atom stereocenters. The van der Waals surface area contributed by atoms with E-state index in [1.54, 1.807) is 0 Å². The smallest absolute Gasteiger partial charge is 0.416 e. The van der Waals surface area contributed by atoms with E-state index in [4.69, 9.17) is 5.73 Å². The van der Waals surface area contributed by atoms with Crippen molar-refractivity contribution >= 4 is 18.4 Å². The summed E-state index contributed by atoms with van der Waals surface area (Å²) in [6.07, 6.45) is -5.14. The van der Waals surface area contributed by atoms with Gasteiger partial charge in [-0.15, -0.1) is 12.4 Å². The van der Waals surface area contributed by atoms with Crippen molar-refractivity contribution in [2.75, 3.05) is 7.11 Å². The van der Waals surface area contributed by atoms with Gasteiger partial charge in [0, 0.05) is 6.04 Å². The maximum absolute atomic E-state index is 12.8. The maximum atomic E-state index is 12.8. The molecule has 0 aliphatic heterocycles. The number of ether oxygens (including phenoxy) is 1. The van der Waals surface area contributed by atoms with Crippen LogP contribution in [0, 0.1) is 5.82 Å². The monoisotopic (exact) mass is 301 g/mol. The molecule has 0 bridgehead atoms. The molecule has 1 atom stereocenters. The molecule has 0 radical (unpaired) electrons. The Morgan fingerprint density at radius 2 is 2.00 bits per heavy atom. The van der Waals surface area contributed by atoms with Crippen LogP contribution in [0.5, 0.6) is 0 Å². The number of carbonyl (C=O) groups is 1. The van der Waals surface area contributed by atoms with E-state index in [-0.39, 0.29) is 18.0 Å². The van der Waals surface area contributed by atoms with Crippen molar-refractivity contribution in [3.05, 3.63) is 35.1 Å². The van der Waals surface area contributed by atoms with Gasteiger partial charge in [0.1, 0.15) is 5.82 Å². The molecule has 1 rings (SSSR count). The number of methoxy groups -OCH3 is 1. The second-order valence-electron chi connectivity index (χ2n) is 3.62. The van der Waals surface area contributed by atoms with Crippen LogP contribution in [-0.4, -0.2) is 13.1 Å². The molecule has 0 aliphatic rings. The largest absolute Gasteiger partial charge is 0.469 e. The SMILES string of the molecule is COC(=O)C[C@@H](N)c1ccc(F)cc1C(F)(F)F.Cl. The third-order valence-corrected chi connectivity index (χ3v) is 2.33. The van der Waals surface area contributed by atoms with Gasteiger partial charge in [0.25, 0.3) is 0 Å². The Morgan fingerprint density at radius 3 is 2.47 bits per heavy atom. The minimum atomic E-state index is -4.73. The Labute approximate surface area is 113 Å². The van der Waals surface area contributed by atoms with E-state index in [1.807, 2.05) is 0 Å². The summed E-state index contributed by atoms with van der Waals surface area (Å²) in [5.41, 5.74) is 3.98. The van der Waals surface area contributed by atoms with Crippen molar-refractivity contribution in [3.8, 4) is 0 Å². The first kappa shape index (κ1) is 17.7. The summed E-state index contributed by atoms with van der Waals surface area (Å²) in [6, 6.07) is 0.939. The average molecular weight is 302 g/mol. The first-order valence-electron chi connectivity index (χ1n) is 4.94. The molecule has 0 spiro atoms. The molecule has 3 nitrogen and oxygen atoms in total. The van der Waals surface area contributed by atoms with E-state index in [9.17, 15) is 22.4 Å². The number of alkyl halides is 3. The van der Waals surface area contributed by atoms with E-state index < -0.39 is 36.0 Å². The van der Waals surface area contributed by atoms with Crippen LogP contribution >= 0.6 is 12.4 Å². The van der Waals surface area contributed by atoms with Crippen molar-refractivity contribution < 1.29 is 27.1 Å². The van der Waals surface area contributed by atoms with Gasteiger partial charge in [0.2, 0.25) is 0 Å². The average Bonchev–Trinajstić information content (AvgIpc) is 2.27. The van der Waals surface area contributed by atoms with Gasteiger partial charge >= 0.3 is 12.1 Å². The van der Waals surface area contributed by atoms with Crippen LogP contribution in [0.25, 0.3) is 0 Å². The molecular weight excluding hydrogens is 290 g/mol. The Hall–Kier alpha value is -1.34. The highest BCUT2D eigenvalue weighted by molar-refractivity contribution is 5.85. The summed E-state index contributed by atoms with van der Waals surface area (Å²) in [7, 11) is 1.10. The fourth-order valence-corrected chi connectivity index (χ4v) is 1.47. The van der Waals surface area contributed by atoms with E-state index in [1.165, 1.54) is 0 Å². The number of rotatable bonds is 3. The number of esters is 1. The predicted molar refractivity (Wildman–Crippen MR) is 62.2 cm³/mol. The first-order chi connectivity index (χ1) is 8.25. The number of nitrogens with two attached hydrogens (primary N) is 1. The highest BCUT2D eigenvalue weighted by Crippen LogP contribution is 2.35. The van der Waals surface area contributed by atoms with Gasteiger partial charge in [-0.2, -0.15) is 13.2 Å². The van der Waals surface area contributed by atoms with Crippen molar-refractivity contribution in [1.29, 1.82) is 0 Å². The van der Waals surface area contributed by atoms with Gasteiger partial charge in [-0.1, -0.05) is 6.07 Å². The molecule has 0 aromatic heterocycles. The summed E-state index contributed by atoms with van der Waals surface area (Å²) in [6.45, 7) is 0. The molecule has 0 aliphatic carbocycles. The van der Waals surface area contributed by atoms with Crippen LogP contribution in [0.2, 0.25) is 0 Å². The Bertz CT molecular complexity index is 451. The van der Waals surface area contributed by atoms with Crippen LogP contribution in [0.1, 0.15) is 23.6 Å². The Morgan fingerprint density at radius 1 is 1.42 bits per heavy atom. The molecule has 8 heteroatoms. The summed E-state index contributed by atoms with van der Waals surface area (Å²) < 4.78 is 55.2. The zero-order valence-electron chi connectivity index (χ0n) is 9.83. The highest BCUT2D eigenvalue weighted by Gasteiger charge is 2.35. The highest BCUT2D eigenvalue weighted by atomic mass is 35.5. The lowest BCUT2D eigenvalue weighted by Gasteiger charge is -2.17. The van der Waals surface area contributed by atoms with Crippen molar-refractivity contribution in [3.63, 3.8) is 0 Å². The summed E-state index contributed by atoms with van der Waals surface area (Å²) >= 11 is 0. The molecular formula is C11H12ClF4NO2. The number of carbonyl (C=O) groups excluding carboxylic acids is 1. The molecule has 0 saturated carbocycles. The number of hydrogen-bond donors (Lipinski definition) is 1. The number of halogens is 5. The van der Waals surface area contributed by atoms with E-state index >= 15 is 0 Å². The minimum absolute atomic E-state index is 0. The summed E-state index contributed by atoms with van der Waals surface area (Å²) in [4.78, 5) is 11.0. The van der Waals surface area contributed by atoms with Crippen LogP contribution in [0.3, 0.4) is 0 Å². The summed E-state index contributed by atoms with van der Waals surface area (Å²) in [5.74, 6) is -1.75. The van der Waals surface area contributed by atoms with Gasteiger partial charge in [0.15, 0.2) is 0 Å². The van der Waals surface area contributed by atoms with Crippen molar-refractivity contribution in [2.45, 2.75) is 18.6 Å². The van der Waals surface area contributed by atoms with Gasteiger partial charge in [-0.05, 0) is 17.7 Å². The van der Waals surface area contributed by atoms with Crippen LogP contribution in [0.4, 0.5) is 17.6 Å². The zero-order chi connectivity index (χ0) is 13.9. The first-order valence-corrected chi connectivity index (χ1v) is 4.94. The Balaban J connectivity index is 0.00000324. The van der Waals surface area contributed by atoms with Gasteiger partial charge < -0.3 is 10.5 Å².